The maximum Gasteiger partial charge on any atom is 0.241 e. The second-order valence-electron chi connectivity index (χ2n) is 8.41. The van der Waals surface area contributed by atoms with E-state index in [1.54, 1.807) is 18.2 Å². The minimum Gasteiger partial charge on any atom is -0.489 e. The summed E-state index contributed by atoms with van der Waals surface area (Å²) in [5, 5.41) is 0. The number of ether oxygens (including phenoxy) is 1. The van der Waals surface area contributed by atoms with E-state index in [4.69, 9.17) is 10.5 Å². The van der Waals surface area contributed by atoms with Crippen molar-refractivity contribution in [1.29, 1.82) is 0 Å². The first-order valence-electron chi connectivity index (χ1n) is 9.76. The van der Waals surface area contributed by atoms with Crippen LogP contribution in [0.2, 0.25) is 0 Å². The number of nitrogen functional groups attached to an aromatic ring is 1. The summed E-state index contributed by atoms with van der Waals surface area (Å²) in [5.74, 6) is 0.744. The Hall–Kier alpha value is -2.83. The van der Waals surface area contributed by atoms with Crippen LogP contribution in [0, 0.1) is 6.92 Å². The molecule has 0 unspecified atom stereocenters. The molecule has 0 radical (unpaired) electrons. The van der Waals surface area contributed by atoms with Gasteiger partial charge in [0.15, 0.2) is 0 Å². The first-order valence-corrected chi connectivity index (χ1v) is 11.2. The van der Waals surface area contributed by atoms with Gasteiger partial charge in [0, 0.05) is 16.8 Å². The molecule has 0 amide bonds. The number of benzene rings is 3. The Bertz CT molecular complexity index is 1110. The van der Waals surface area contributed by atoms with Crippen molar-refractivity contribution in [3.8, 4) is 16.9 Å². The van der Waals surface area contributed by atoms with Gasteiger partial charge in [0.2, 0.25) is 10.0 Å². The summed E-state index contributed by atoms with van der Waals surface area (Å²) in [6.45, 7) is 7.84. The Balaban J connectivity index is 1.85. The third kappa shape index (κ3) is 5.62. The van der Waals surface area contributed by atoms with Crippen LogP contribution in [0.4, 0.5) is 5.69 Å². The number of hydrogen-bond donors (Lipinski definition) is 2. The zero-order valence-electron chi connectivity index (χ0n) is 17.8. The van der Waals surface area contributed by atoms with E-state index in [0.29, 0.717) is 17.9 Å². The van der Waals surface area contributed by atoms with E-state index in [0.717, 1.165) is 22.4 Å². The number of sulfonamides is 1. The Morgan fingerprint density at radius 3 is 2.17 bits per heavy atom. The maximum atomic E-state index is 13.0. The molecule has 6 heteroatoms. The lowest BCUT2D eigenvalue weighted by atomic mass is 10.0. The summed E-state index contributed by atoms with van der Waals surface area (Å²) in [6.07, 6.45) is 0. The van der Waals surface area contributed by atoms with Gasteiger partial charge in [0.1, 0.15) is 12.4 Å². The Morgan fingerprint density at radius 2 is 1.57 bits per heavy atom. The molecule has 158 valence electrons. The molecule has 0 spiro atoms. The van der Waals surface area contributed by atoms with E-state index >= 15 is 0 Å². The van der Waals surface area contributed by atoms with Crippen molar-refractivity contribution in [3.63, 3.8) is 0 Å². The molecule has 3 N–H and O–H groups in total. The van der Waals surface area contributed by atoms with E-state index < -0.39 is 15.6 Å². The highest BCUT2D eigenvalue weighted by molar-refractivity contribution is 7.89. The highest BCUT2D eigenvalue weighted by Gasteiger charge is 2.25. The van der Waals surface area contributed by atoms with Crippen LogP contribution in [0.3, 0.4) is 0 Å². The van der Waals surface area contributed by atoms with Crippen molar-refractivity contribution < 1.29 is 13.2 Å². The van der Waals surface area contributed by atoms with Crippen LogP contribution in [-0.4, -0.2) is 14.0 Å². The summed E-state index contributed by atoms with van der Waals surface area (Å²) in [7, 11) is -3.66. The van der Waals surface area contributed by atoms with Crippen LogP contribution < -0.4 is 15.2 Å². The Labute approximate surface area is 178 Å². The monoisotopic (exact) mass is 424 g/mol. The van der Waals surface area contributed by atoms with Crippen LogP contribution in [0.1, 0.15) is 31.9 Å². The lowest BCUT2D eigenvalue weighted by molar-refractivity contribution is 0.306. The molecule has 0 fully saturated rings. The Kier molecular flexibility index (Phi) is 6.19. The van der Waals surface area contributed by atoms with Crippen LogP contribution in [0.5, 0.6) is 5.75 Å². The number of anilines is 1. The minimum atomic E-state index is -3.66. The van der Waals surface area contributed by atoms with Gasteiger partial charge < -0.3 is 10.5 Å². The minimum absolute atomic E-state index is 0.272. The molecule has 0 saturated heterocycles. The molecule has 5 nitrogen and oxygen atoms in total. The zero-order valence-corrected chi connectivity index (χ0v) is 18.6. The van der Waals surface area contributed by atoms with E-state index in [1.165, 1.54) is 0 Å². The molecular weight excluding hydrogens is 396 g/mol. The molecule has 0 aliphatic rings. The lowest BCUT2D eigenvalue weighted by Gasteiger charge is -2.22. The largest absolute Gasteiger partial charge is 0.489 e. The molecular formula is C24H28N2O3S. The quantitative estimate of drug-likeness (QED) is 0.552. The van der Waals surface area contributed by atoms with Crippen molar-refractivity contribution in [2.24, 2.45) is 0 Å². The zero-order chi connectivity index (χ0) is 21.9. The van der Waals surface area contributed by atoms with Crippen LogP contribution >= 0.6 is 0 Å². The van der Waals surface area contributed by atoms with Crippen molar-refractivity contribution in [2.45, 2.75) is 44.7 Å². The maximum absolute atomic E-state index is 13.0. The van der Waals surface area contributed by atoms with Gasteiger partial charge in [-0.1, -0.05) is 42.0 Å². The predicted molar refractivity (Wildman–Crippen MR) is 122 cm³/mol. The van der Waals surface area contributed by atoms with Crippen molar-refractivity contribution in [2.75, 3.05) is 5.73 Å². The first-order chi connectivity index (χ1) is 14.0. The van der Waals surface area contributed by atoms with Gasteiger partial charge in [-0.2, -0.15) is 0 Å². The van der Waals surface area contributed by atoms with Gasteiger partial charge >= 0.3 is 0 Å². The average Bonchev–Trinajstić information content (AvgIpc) is 2.66. The predicted octanol–water partition coefficient (Wildman–Crippen LogP) is 4.90. The molecule has 0 saturated carbocycles. The fourth-order valence-electron chi connectivity index (χ4n) is 3.07. The van der Waals surface area contributed by atoms with Crippen LogP contribution in [0.15, 0.2) is 71.6 Å². The fraction of sp³-hybridized carbons (Fsp3) is 0.250. The van der Waals surface area contributed by atoms with E-state index in [2.05, 4.69) is 4.72 Å². The van der Waals surface area contributed by atoms with Crippen LogP contribution in [-0.2, 0) is 16.6 Å². The van der Waals surface area contributed by atoms with Gasteiger partial charge in [-0.25, -0.2) is 13.1 Å². The van der Waals surface area contributed by atoms with E-state index in [9.17, 15) is 8.42 Å². The summed E-state index contributed by atoms with van der Waals surface area (Å²) in [6, 6.07) is 20.4. The molecule has 3 rings (SSSR count). The molecule has 0 aliphatic heterocycles. The summed E-state index contributed by atoms with van der Waals surface area (Å²) < 4.78 is 34.4. The third-order valence-electron chi connectivity index (χ3n) is 4.42. The highest BCUT2D eigenvalue weighted by atomic mass is 32.2. The summed E-state index contributed by atoms with van der Waals surface area (Å²) in [4.78, 5) is 0.272. The first kappa shape index (κ1) is 21.9. The van der Waals surface area contributed by atoms with Crippen molar-refractivity contribution >= 4 is 15.7 Å². The molecule has 0 aromatic heterocycles. The molecule has 3 aromatic rings. The molecule has 30 heavy (non-hydrogen) atoms. The standard InChI is InChI=1S/C24H28N2O3S/c1-17-5-14-23(30(27,28)26-24(2,3)4)22(15-17)19-8-6-18(7-9-19)16-29-21-12-10-20(25)11-13-21/h5-15,26H,16,25H2,1-4H3. The third-order valence-corrected chi connectivity index (χ3v) is 6.23. The summed E-state index contributed by atoms with van der Waals surface area (Å²) >= 11 is 0. The summed E-state index contributed by atoms with van der Waals surface area (Å²) in [5.41, 5.74) is 9.31. The van der Waals surface area contributed by atoms with Gasteiger partial charge in [-0.3, -0.25) is 0 Å². The van der Waals surface area contributed by atoms with Gasteiger partial charge in [-0.15, -0.1) is 0 Å². The molecule has 0 bridgehead atoms. The molecule has 0 heterocycles. The SMILES string of the molecule is Cc1ccc(S(=O)(=O)NC(C)(C)C)c(-c2ccc(COc3ccc(N)cc3)cc2)c1. The number of hydrogen-bond acceptors (Lipinski definition) is 4. The van der Waals surface area contributed by atoms with Crippen molar-refractivity contribution in [3.05, 3.63) is 77.9 Å². The average molecular weight is 425 g/mol. The highest BCUT2D eigenvalue weighted by Crippen LogP contribution is 2.29. The smallest absolute Gasteiger partial charge is 0.241 e. The molecule has 0 aliphatic carbocycles. The van der Waals surface area contributed by atoms with E-state index in [-0.39, 0.29) is 4.90 Å². The van der Waals surface area contributed by atoms with E-state index in [1.807, 2.05) is 76.2 Å². The van der Waals surface area contributed by atoms with Gasteiger partial charge in [0.05, 0.1) is 4.90 Å². The Morgan fingerprint density at radius 1 is 0.933 bits per heavy atom. The normalized spacial score (nSPS) is 12.0. The number of rotatable bonds is 6. The lowest BCUT2D eigenvalue weighted by Crippen LogP contribution is -2.40. The number of aryl methyl sites for hydroxylation is 1. The second-order valence-corrected chi connectivity index (χ2v) is 10.1. The second kappa shape index (κ2) is 8.50. The van der Waals surface area contributed by atoms with Gasteiger partial charge in [-0.05, 0) is 69.2 Å². The topological polar surface area (TPSA) is 81.4 Å². The molecule has 0 atom stereocenters. The van der Waals surface area contributed by atoms with Gasteiger partial charge in [0.25, 0.3) is 0 Å². The number of nitrogens with one attached hydrogen (secondary N) is 1. The molecule has 3 aromatic carbocycles. The number of nitrogens with two attached hydrogens (primary N) is 1. The van der Waals surface area contributed by atoms with Crippen LogP contribution in [0.25, 0.3) is 11.1 Å². The fourth-order valence-corrected chi connectivity index (χ4v) is 4.70. The van der Waals surface area contributed by atoms with Crippen molar-refractivity contribution in [1.82, 2.24) is 4.72 Å².